The van der Waals surface area contributed by atoms with Crippen LogP contribution < -0.4 is 59.1 Å². The molecule has 4 fully saturated rings. The van der Waals surface area contributed by atoms with Crippen LogP contribution in [0.2, 0.25) is 0 Å². The van der Waals surface area contributed by atoms with Crippen LogP contribution in [0.3, 0.4) is 0 Å². The van der Waals surface area contributed by atoms with E-state index < -0.39 is 26.9 Å². The molecule has 8 nitrogen and oxygen atoms in total. The average molecular weight is 609 g/mol. The quantitative estimate of drug-likeness (QED) is 0.183. The summed E-state index contributed by atoms with van der Waals surface area (Å²) in [5.41, 5.74) is 0.241. The van der Waals surface area contributed by atoms with E-state index in [0.717, 1.165) is 64.2 Å². The van der Waals surface area contributed by atoms with Crippen LogP contribution in [0.5, 0.6) is 0 Å². The Morgan fingerprint density at radius 2 is 1.46 bits per heavy atom. The maximum atomic E-state index is 11.3. The molecule has 9 atom stereocenters. The summed E-state index contributed by atoms with van der Waals surface area (Å²) in [6.07, 6.45) is 11.2. The molecule has 4 rings (SSSR count). The molecule has 0 N–H and O–H groups in total. The van der Waals surface area contributed by atoms with E-state index in [1.54, 1.807) is 0 Å². The van der Waals surface area contributed by atoms with E-state index in [1.165, 1.54) is 0 Å². The maximum Gasteiger partial charge on any atom is 1.00 e. The third kappa shape index (κ3) is 8.68. The van der Waals surface area contributed by atoms with Gasteiger partial charge in [-0.3, -0.25) is 8.37 Å². The van der Waals surface area contributed by atoms with Gasteiger partial charge < -0.3 is 9.11 Å². The van der Waals surface area contributed by atoms with Crippen molar-refractivity contribution >= 4 is 20.8 Å². The molecule has 39 heavy (non-hydrogen) atoms. The van der Waals surface area contributed by atoms with Crippen LogP contribution in [0.4, 0.5) is 0 Å². The Hall–Kier alpha value is 1.74. The first-order chi connectivity index (χ1) is 17.1. The molecule has 0 aromatic carbocycles. The SMILES string of the molecule is CC(C)CCC[C@@H](COS(=O)(=O)[O-])[C@H]1CC[C@H]2[C@@H]3CC[C@H]4C[C@H](OS(=O)(=O)[O-])CC[C@]4(C)[C@H]3CC[C@]12C.[Na+].[Na+]. The molecule has 0 radical (unpaired) electrons. The first kappa shape index (κ1) is 36.9. The van der Waals surface area contributed by atoms with Gasteiger partial charge in [-0.15, -0.1) is 0 Å². The number of rotatable bonds is 10. The maximum absolute atomic E-state index is 11.3. The van der Waals surface area contributed by atoms with Gasteiger partial charge in [-0.2, -0.15) is 0 Å². The second-order valence-electron chi connectivity index (χ2n) is 13.6. The minimum absolute atomic E-state index is 0. The molecular formula is C27H46Na2O8S2. The summed E-state index contributed by atoms with van der Waals surface area (Å²) in [5, 5.41) is 0. The molecule has 0 heterocycles. The van der Waals surface area contributed by atoms with Crippen molar-refractivity contribution in [1.29, 1.82) is 0 Å². The third-order valence-corrected chi connectivity index (χ3v) is 12.2. The third-order valence-electron chi connectivity index (χ3n) is 11.3. The molecule has 0 aromatic rings. The zero-order valence-electron chi connectivity index (χ0n) is 24.9. The van der Waals surface area contributed by atoms with E-state index in [1.807, 2.05) is 0 Å². The molecule has 0 amide bonds. The van der Waals surface area contributed by atoms with E-state index in [-0.39, 0.29) is 82.5 Å². The van der Waals surface area contributed by atoms with Gasteiger partial charge in [0.1, 0.15) is 0 Å². The molecular weight excluding hydrogens is 562 g/mol. The zero-order valence-corrected chi connectivity index (χ0v) is 30.5. The van der Waals surface area contributed by atoms with Crippen molar-refractivity contribution < 1.29 is 93.4 Å². The standard InChI is InChI=1S/C27H48O8S2.2Na/c1-18(2)6-5-7-19(17-34-36(28,29)30)23-10-11-24-22-9-8-20-16-21(35-37(31,32)33)12-14-26(20,3)25(22)13-15-27(23,24)4;;/h18-25H,5-17H2,1-4H3,(H,28,29,30)(H,31,32,33);;/q;2*+1/p-2/t19-,20-,21+,22-,23+,24-,25-,26-,27+;;/m0../s1. The monoisotopic (exact) mass is 608 g/mol. The normalized spacial score (nSPS) is 39.1. The van der Waals surface area contributed by atoms with Gasteiger partial charge in [-0.05, 0) is 116 Å². The smallest absolute Gasteiger partial charge is 0.726 e. The van der Waals surface area contributed by atoms with Crippen molar-refractivity contribution in [2.75, 3.05) is 6.61 Å². The van der Waals surface area contributed by atoms with E-state index in [4.69, 9.17) is 8.37 Å². The molecule has 0 aromatic heterocycles. The summed E-state index contributed by atoms with van der Waals surface area (Å²) in [5.74, 6) is 3.12. The summed E-state index contributed by atoms with van der Waals surface area (Å²) in [4.78, 5) is 0. The Morgan fingerprint density at radius 1 is 0.821 bits per heavy atom. The van der Waals surface area contributed by atoms with Crippen LogP contribution in [0.15, 0.2) is 0 Å². The first-order valence-electron chi connectivity index (χ1n) is 14.4. The molecule has 0 unspecified atom stereocenters. The number of hydrogen-bond acceptors (Lipinski definition) is 8. The first-order valence-corrected chi connectivity index (χ1v) is 17.0. The van der Waals surface area contributed by atoms with Gasteiger partial charge in [0.05, 0.1) is 12.7 Å². The minimum atomic E-state index is -4.71. The summed E-state index contributed by atoms with van der Waals surface area (Å²) in [6.45, 7) is 9.17. The Labute approximate surface area is 281 Å². The molecule has 0 saturated heterocycles. The Morgan fingerprint density at radius 3 is 2.08 bits per heavy atom. The fraction of sp³-hybridized carbons (Fsp3) is 1.00. The molecule has 0 bridgehead atoms. The molecule has 12 heteroatoms. The van der Waals surface area contributed by atoms with Gasteiger partial charge in [0.15, 0.2) is 0 Å². The van der Waals surface area contributed by atoms with Crippen molar-refractivity contribution in [3.63, 3.8) is 0 Å². The second-order valence-corrected chi connectivity index (χ2v) is 15.6. The fourth-order valence-electron chi connectivity index (χ4n) is 9.65. The summed E-state index contributed by atoms with van der Waals surface area (Å²) in [7, 11) is -9.40. The van der Waals surface area contributed by atoms with Crippen LogP contribution in [-0.2, 0) is 29.2 Å². The van der Waals surface area contributed by atoms with Gasteiger partial charge in [0.2, 0.25) is 20.8 Å². The molecule has 0 spiro atoms. The van der Waals surface area contributed by atoms with E-state index >= 15 is 0 Å². The Bertz CT molecular complexity index is 1020. The topological polar surface area (TPSA) is 133 Å². The number of fused-ring (bicyclic) bond motifs is 5. The molecule has 4 aliphatic rings. The fourth-order valence-corrected chi connectivity index (χ4v) is 10.5. The number of hydrogen-bond donors (Lipinski definition) is 0. The van der Waals surface area contributed by atoms with Crippen LogP contribution in [0, 0.1) is 52.3 Å². The summed E-state index contributed by atoms with van der Waals surface area (Å²) in [6, 6.07) is 0. The van der Waals surface area contributed by atoms with Crippen molar-refractivity contribution in [2.24, 2.45) is 52.3 Å². The molecule has 4 aliphatic carbocycles. The van der Waals surface area contributed by atoms with E-state index in [0.29, 0.717) is 48.3 Å². The van der Waals surface area contributed by atoms with E-state index in [2.05, 4.69) is 27.7 Å². The molecule has 0 aliphatic heterocycles. The zero-order chi connectivity index (χ0) is 27.2. The summed E-state index contributed by atoms with van der Waals surface area (Å²) < 4.78 is 77.2. The van der Waals surface area contributed by atoms with Crippen LogP contribution in [0.25, 0.3) is 0 Å². The van der Waals surface area contributed by atoms with Gasteiger partial charge in [0.25, 0.3) is 0 Å². The average Bonchev–Trinajstić information content (AvgIpc) is 3.11. The van der Waals surface area contributed by atoms with Crippen molar-refractivity contribution in [3.05, 3.63) is 0 Å². The second kappa shape index (κ2) is 14.2. The van der Waals surface area contributed by atoms with E-state index in [9.17, 15) is 25.9 Å². The van der Waals surface area contributed by atoms with Crippen molar-refractivity contribution in [2.45, 2.75) is 111 Å². The van der Waals surface area contributed by atoms with Gasteiger partial charge in [0, 0.05) is 0 Å². The van der Waals surface area contributed by atoms with Crippen LogP contribution >= 0.6 is 0 Å². The summed E-state index contributed by atoms with van der Waals surface area (Å²) >= 11 is 0. The van der Waals surface area contributed by atoms with Gasteiger partial charge >= 0.3 is 59.1 Å². The molecule has 216 valence electrons. The van der Waals surface area contributed by atoms with Gasteiger partial charge in [-0.1, -0.05) is 40.5 Å². The molecule has 4 saturated carbocycles. The van der Waals surface area contributed by atoms with Crippen LogP contribution in [0.1, 0.15) is 105 Å². The van der Waals surface area contributed by atoms with Crippen molar-refractivity contribution in [3.8, 4) is 0 Å². The predicted octanol–water partition coefficient (Wildman–Crippen LogP) is -0.582. The van der Waals surface area contributed by atoms with Gasteiger partial charge in [-0.25, -0.2) is 16.8 Å². The Balaban J connectivity index is 0.00000267. The minimum Gasteiger partial charge on any atom is -0.726 e. The van der Waals surface area contributed by atoms with Crippen LogP contribution in [-0.4, -0.2) is 38.7 Å². The predicted molar refractivity (Wildman–Crippen MR) is 138 cm³/mol. The van der Waals surface area contributed by atoms with Crippen molar-refractivity contribution in [1.82, 2.24) is 0 Å². The Kier molecular flexibility index (Phi) is 13.5. The largest absolute Gasteiger partial charge is 1.00 e.